The van der Waals surface area contributed by atoms with Crippen molar-refractivity contribution in [1.29, 1.82) is 0 Å². The molecule has 1 unspecified atom stereocenters. The second kappa shape index (κ2) is 11.7. The Labute approximate surface area is 200 Å². The number of unbranched alkanes of at least 4 members (excludes halogenated alkanes) is 2. The van der Waals surface area contributed by atoms with E-state index in [9.17, 15) is 9.18 Å². The van der Waals surface area contributed by atoms with Crippen molar-refractivity contribution in [2.24, 2.45) is 0 Å². The molecule has 0 aliphatic carbocycles. The van der Waals surface area contributed by atoms with Gasteiger partial charge in [0.1, 0.15) is 11.9 Å². The van der Waals surface area contributed by atoms with E-state index >= 15 is 0 Å². The third-order valence-corrected chi connectivity index (χ3v) is 5.86. The van der Waals surface area contributed by atoms with Gasteiger partial charge in [0.15, 0.2) is 11.5 Å². The fourth-order valence-electron chi connectivity index (χ4n) is 4.11. The Morgan fingerprint density at radius 1 is 0.912 bits per heavy atom. The number of rotatable bonds is 11. The summed E-state index contributed by atoms with van der Waals surface area (Å²) >= 11 is 0. The van der Waals surface area contributed by atoms with Crippen LogP contribution in [0.25, 0.3) is 10.8 Å². The molecule has 0 aliphatic heterocycles. The molecule has 3 aromatic carbocycles. The Morgan fingerprint density at radius 2 is 1.62 bits per heavy atom. The van der Waals surface area contributed by atoms with Crippen molar-refractivity contribution in [3.05, 3.63) is 59.4 Å². The van der Waals surface area contributed by atoms with Gasteiger partial charge in [-0.1, -0.05) is 63.1 Å². The number of fused-ring (bicyclic) bond motifs is 1. The van der Waals surface area contributed by atoms with Gasteiger partial charge in [-0.25, -0.2) is 4.39 Å². The summed E-state index contributed by atoms with van der Waals surface area (Å²) in [4.78, 5) is 12.2. The molecule has 0 radical (unpaired) electrons. The van der Waals surface area contributed by atoms with Crippen LogP contribution < -0.4 is 18.9 Å². The van der Waals surface area contributed by atoms with Crippen LogP contribution in [-0.2, 0) is 4.79 Å². The van der Waals surface area contributed by atoms with Crippen molar-refractivity contribution in [3.8, 4) is 23.0 Å². The maximum atomic E-state index is 14.8. The Balaban J connectivity index is 2.24. The highest BCUT2D eigenvalue weighted by molar-refractivity contribution is 6.02. The Bertz CT molecular complexity index is 1140. The molecule has 0 aliphatic rings. The first-order valence-corrected chi connectivity index (χ1v) is 11.8. The van der Waals surface area contributed by atoms with Crippen molar-refractivity contribution in [1.82, 2.24) is 0 Å². The Kier molecular flexibility index (Phi) is 8.74. The highest BCUT2D eigenvalue weighted by Crippen LogP contribution is 2.53. The van der Waals surface area contributed by atoms with E-state index in [-0.39, 0.29) is 24.0 Å². The zero-order chi connectivity index (χ0) is 24.7. The second-order valence-corrected chi connectivity index (χ2v) is 8.17. The second-order valence-electron chi connectivity index (χ2n) is 8.17. The molecule has 5 nitrogen and oxygen atoms in total. The molecule has 182 valence electrons. The zero-order valence-corrected chi connectivity index (χ0v) is 20.6. The standard InChI is InChI=1S/C28H33FO5/c1-6-8-9-17-22(19-14-10-11-16-21(19)29)33-25-20-15-12-13-18(3)24(20)26(34-23(30)7-2)28(32-5)27(25)31-4/h10-16,22H,6-9,17H2,1-5H3. The van der Waals surface area contributed by atoms with Gasteiger partial charge in [0.25, 0.3) is 0 Å². The highest BCUT2D eigenvalue weighted by atomic mass is 19.1. The van der Waals surface area contributed by atoms with Crippen LogP contribution in [0.5, 0.6) is 23.0 Å². The van der Waals surface area contributed by atoms with Crippen molar-refractivity contribution >= 4 is 16.7 Å². The van der Waals surface area contributed by atoms with E-state index < -0.39 is 6.10 Å². The molecule has 0 spiro atoms. The minimum Gasteiger partial charge on any atom is -0.490 e. The SMILES string of the molecule is CCCCCC(Oc1c(OC)c(OC)c(OC(=O)CC)c2c(C)cccc12)c1ccccc1F. The minimum atomic E-state index is -0.529. The van der Waals surface area contributed by atoms with E-state index in [1.54, 1.807) is 19.1 Å². The predicted molar refractivity (Wildman–Crippen MR) is 132 cm³/mol. The molecule has 0 N–H and O–H groups in total. The van der Waals surface area contributed by atoms with Crippen molar-refractivity contribution in [2.45, 2.75) is 59.0 Å². The molecule has 1 atom stereocenters. The molecule has 6 heteroatoms. The fourth-order valence-corrected chi connectivity index (χ4v) is 4.11. The van der Waals surface area contributed by atoms with E-state index in [0.717, 1.165) is 24.8 Å². The first-order valence-electron chi connectivity index (χ1n) is 11.8. The lowest BCUT2D eigenvalue weighted by atomic mass is 10.00. The number of aryl methyl sites for hydroxylation is 1. The summed E-state index contributed by atoms with van der Waals surface area (Å²) in [5.74, 6) is 0.587. The van der Waals surface area contributed by atoms with E-state index in [4.69, 9.17) is 18.9 Å². The van der Waals surface area contributed by atoms with Crippen LogP contribution in [0.15, 0.2) is 42.5 Å². The number of ether oxygens (including phenoxy) is 4. The van der Waals surface area contributed by atoms with Gasteiger partial charge in [0.05, 0.1) is 14.2 Å². The summed E-state index contributed by atoms with van der Waals surface area (Å²) in [7, 11) is 3.00. The van der Waals surface area contributed by atoms with Crippen LogP contribution in [0, 0.1) is 12.7 Å². The lowest BCUT2D eigenvalue weighted by molar-refractivity contribution is -0.134. The van der Waals surface area contributed by atoms with Gasteiger partial charge in [-0.2, -0.15) is 0 Å². The summed E-state index contributed by atoms with van der Waals surface area (Å²) in [6, 6.07) is 12.4. The van der Waals surface area contributed by atoms with Crippen LogP contribution in [0.1, 0.15) is 63.2 Å². The smallest absolute Gasteiger partial charge is 0.311 e. The largest absolute Gasteiger partial charge is 0.490 e. The van der Waals surface area contributed by atoms with Crippen LogP contribution in [0.2, 0.25) is 0 Å². The first kappa shape index (κ1) is 25.3. The van der Waals surface area contributed by atoms with Gasteiger partial charge in [-0.05, 0) is 31.4 Å². The molecule has 0 bridgehead atoms. The van der Waals surface area contributed by atoms with Crippen LogP contribution in [-0.4, -0.2) is 20.2 Å². The third kappa shape index (κ3) is 5.27. The number of hydrogen-bond donors (Lipinski definition) is 0. The van der Waals surface area contributed by atoms with Gasteiger partial charge in [-0.15, -0.1) is 0 Å². The molecule has 0 saturated carbocycles. The molecule has 0 fully saturated rings. The monoisotopic (exact) mass is 468 g/mol. The lowest BCUT2D eigenvalue weighted by Crippen LogP contribution is -2.13. The number of esters is 1. The molecule has 0 heterocycles. The zero-order valence-electron chi connectivity index (χ0n) is 20.6. The number of hydrogen-bond acceptors (Lipinski definition) is 5. The van der Waals surface area contributed by atoms with Crippen molar-refractivity contribution < 1.29 is 28.1 Å². The number of benzene rings is 3. The molecule has 0 saturated heterocycles. The Morgan fingerprint density at radius 3 is 2.26 bits per heavy atom. The normalized spacial score (nSPS) is 11.8. The fraction of sp³-hybridized carbons (Fsp3) is 0.393. The molecule has 3 rings (SSSR count). The molecular weight excluding hydrogens is 435 g/mol. The van der Waals surface area contributed by atoms with E-state index in [1.807, 2.05) is 31.2 Å². The maximum absolute atomic E-state index is 14.8. The molecule has 34 heavy (non-hydrogen) atoms. The lowest BCUT2D eigenvalue weighted by Gasteiger charge is -2.25. The number of halogens is 1. The summed E-state index contributed by atoms with van der Waals surface area (Å²) in [6.45, 7) is 5.78. The topological polar surface area (TPSA) is 54.0 Å². The van der Waals surface area contributed by atoms with E-state index in [1.165, 1.54) is 20.3 Å². The summed E-state index contributed by atoms with van der Waals surface area (Å²) < 4.78 is 38.5. The van der Waals surface area contributed by atoms with Gasteiger partial charge < -0.3 is 18.9 Å². The highest BCUT2D eigenvalue weighted by Gasteiger charge is 2.28. The summed E-state index contributed by atoms with van der Waals surface area (Å²) in [6.07, 6.45) is 3.27. The minimum absolute atomic E-state index is 0.212. The van der Waals surface area contributed by atoms with Gasteiger partial charge in [-0.3, -0.25) is 4.79 Å². The number of carbonyl (C=O) groups is 1. The summed E-state index contributed by atoms with van der Waals surface area (Å²) in [5, 5.41) is 1.39. The average Bonchev–Trinajstić information content (AvgIpc) is 2.84. The van der Waals surface area contributed by atoms with Crippen LogP contribution in [0.3, 0.4) is 0 Å². The van der Waals surface area contributed by atoms with Gasteiger partial charge in [0, 0.05) is 22.8 Å². The molecular formula is C28H33FO5. The molecule has 0 amide bonds. The quantitative estimate of drug-likeness (QED) is 0.168. The van der Waals surface area contributed by atoms with Gasteiger partial charge >= 0.3 is 5.97 Å². The van der Waals surface area contributed by atoms with Crippen molar-refractivity contribution in [3.63, 3.8) is 0 Å². The van der Waals surface area contributed by atoms with Crippen LogP contribution in [0.4, 0.5) is 4.39 Å². The maximum Gasteiger partial charge on any atom is 0.311 e. The molecule has 0 aromatic heterocycles. The number of methoxy groups -OCH3 is 2. The number of carbonyl (C=O) groups excluding carboxylic acids is 1. The van der Waals surface area contributed by atoms with E-state index in [0.29, 0.717) is 40.0 Å². The Hall–Kier alpha value is -3.28. The average molecular weight is 469 g/mol. The summed E-state index contributed by atoms with van der Waals surface area (Å²) in [5.41, 5.74) is 1.37. The first-order chi connectivity index (χ1) is 16.5. The van der Waals surface area contributed by atoms with Crippen molar-refractivity contribution in [2.75, 3.05) is 14.2 Å². The van der Waals surface area contributed by atoms with Gasteiger partial charge in [0.2, 0.25) is 11.5 Å². The third-order valence-electron chi connectivity index (χ3n) is 5.86. The predicted octanol–water partition coefficient (Wildman–Crippen LogP) is 7.32. The van der Waals surface area contributed by atoms with Crippen LogP contribution >= 0.6 is 0 Å². The molecule has 3 aromatic rings. The van der Waals surface area contributed by atoms with E-state index in [2.05, 4.69) is 6.92 Å².